The fourth-order valence-electron chi connectivity index (χ4n) is 2.40. The van der Waals surface area contributed by atoms with Crippen LogP contribution in [0, 0.1) is 0 Å². The third-order valence-electron chi connectivity index (χ3n) is 3.48. The summed E-state index contributed by atoms with van der Waals surface area (Å²) < 4.78 is 21.8. The number of amides is 1. The van der Waals surface area contributed by atoms with Gasteiger partial charge in [0.15, 0.2) is 23.6 Å². The van der Waals surface area contributed by atoms with Crippen LogP contribution >= 0.6 is 15.9 Å². The van der Waals surface area contributed by atoms with Gasteiger partial charge in [0.05, 0.1) is 7.11 Å². The van der Waals surface area contributed by atoms with Gasteiger partial charge >= 0.3 is 12.1 Å². The second kappa shape index (κ2) is 5.68. The number of rotatable bonds is 3. The van der Waals surface area contributed by atoms with Gasteiger partial charge in [-0.05, 0) is 12.1 Å². The molecule has 8 heteroatoms. The highest BCUT2D eigenvalue weighted by atomic mass is 79.9. The number of hydrogen-bond acceptors (Lipinski definition) is 6. The van der Waals surface area contributed by atoms with Gasteiger partial charge in [0, 0.05) is 16.5 Å². The molecule has 0 spiro atoms. The Bertz CT molecular complexity index is 634. The molecule has 118 valence electrons. The van der Waals surface area contributed by atoms with Crippen LogP contribution in [-0.4, -0.2) is 31.5 Å². The highest BCUT2D eigenvalue weighted by Gasteiger charge is 2.42. The summed E-state index contributed by atoms with van der Waals surface area (Å²) in [6.07, 6.45) is -1.11. The fourth-order valence-corrected chi connectivity index (χ4v) is 2.95. The number of carbonyl (C=O) groups excluding carboxylic acids is 2. The number of alkyl carbamates (subject to hydrolysis) is 1. The monoisotopic (exact) mass is 371 g/mol. The van der Waals surface area contributed by atoms with Gasteiger partial charge < -0.3 is 24.3 Å². The zero-order valence-corrected chi connectivity index (χ0v) is 13.5. The lowest BCUT2D eigenvalue weighted by molar-refractivity contribution is -0.144. The van der Waals surface area contributed by atoms with Crippen molar-refractivity contribution in [2.75, 3.05) is 7.11 Å². The molecule has 0 radical (unpaired) electrons. The summed E-state index contributed by atoms with van der Waals surface area (Å²) in [4.78, 5) is 23.3. The number of nitrogens with one attached hydrogen (secondary N) is 1. The van der Waals surface area contributed by atoms with E-state index in [1.165, 1.54) is 7.11 Å². The minimum atomic E-state index is -0.906. The molecule has 0 aromatic heterocycles. The molecule has 1 fully saturated rings. The molecule has 7 nitrogen and oxygen atoms in total. The number of halogens is 1. The Balaban J connectivity index is 1.95. The van der Waals surface area contributed by atoms with E-state index in [1.54, 1.807) is 12.1 Å². The smallest absolute Gasteiger partial charge is 0.408 e. The van der Waals surface area contributed by atoms with Crippen LogP contribution in [0.15, 0.2) is 16.6 Å². The van der Waals surface area contributed by atoms with Gasteiger partial charge in [0.2, 0.25) is 6.29 Å². The molecule has 0 aliphatic carbocycles. The maximum atomic E-state index is 11.8. The Morgan fingerprint density at radius 1 is 1.32 bits per heavy atom. The van der Waals surface area contributed by atoms with E-state index >= 15 is 0 Å². The number of benzene rings is 1. The summed E-state index contributed by atoms with van der Waals surface area (Å²) in [6.45, 7) is 1.95. The molecule has 22 heavy (non-hydrogen) atoms. The summed E-state index contributed by atoms with van der Waals surface area (Å²) in [5, 5.41) is 2.44. The molecule has 1 amide bonds. The normalized spacial score (nSPS) is 25.6. The van der Waals surface area contributed by atoms with E-state index in [9.17, 15) is 9.59 Å². The number of ether oxygens (including phenoxy) is 4. The Kier molecular flexibility index (Phi) is 3.86. The number of esters is 1. The predicted molar refractivity (Wildman–Crippen MR) is 77.6 cm³/mol. The molecular weight excluding hydrogens is 358 g/mol. The quantitative estimate of drug-likeness (QED) is 0.820. The average molecular weight is 372 g/mol. The zero-order chi connectivity index (χ0) is 15.9. The molecule has 3 atom stereocenters. The highest BCUT2D eigenvalue weighted by Crippen LogP contribution is 2.43. The van der Waals surface area contributed by atoms with Crippen LogP contribution in [0.2, 0.25) is 0 Å². The topological polar surface area (TPSA) is 83.1 Å². The molecule has 3 rings (SSSR count). The molecule has 1 aromatic rings. The minimum absolute atomic E-state index is 0.335. The van der Waals surface area contributed by atoms with Crippen LogP contribution < -0.4 is 14.8 Å². The van der Waals surface area contributed by atoms with Crippen molar-refractivity contribution in [2.45, 2.75) is 31.8 Å². The van der Waals surface area contributed by atoms with Gasteiger partial charge in [-0.2, -0.15) is 0 Å². The van der Waals surface area contributed by atoms with Crippen molar-refractivity contribution in [3.8, 4) is 11.5 Å². The van der Waals surface area contributed by atoms with Crippen molar-refractivity contribution >= 4 is 28.0 Å². The Labute approximate surface area is 135 Å². The van der Waals surface area contributed by atoms with Crippen molar-refractivity contribution in [1.29, 1.82) is 0 Å². The summed E-state index contributed by atoms with van der Waals surface area (Å²) in [7, 11) is 1.25. The summed E-state index contributed by atoms with van der Waals surface area (Å²) in [5.74, 6) is 0.581. The van der Waals surface area contributed by atoms with Crippen LogP contribution in [-0.2, 0) is 14.3 Å². The lowest BCUT2D eigenvalue weighted by atomic mass is 10.0. The SMILES string of the molecule is CCC1Oc2cc(Br)c(C3OC(=O)NC3C(=O)OC)cc2O1. The van der Waals surface area contributed by atoms with E-state index in [0.29, 0.717) is 28.0 Å². The van der Waals surface area contributed by atoms with Crippen LogP contribution in [0.5, 0.6) is 11.5 Å². The first kappa shape index (κ1) is 15.0. The third kappa shape index (κ3) is 2.47. The van der Waals surface area contributed by atoms with Crippen LogP contribution in [0.3, 0.4) is 0 Å². The number of fused-ring (bicyclic) bond motifs is 1. The lowest BCUT2D eigenvalue weighted by Gasteiger charge is -2.17. The largest absolute Gasteiger partial charge is 0.467 e. The van der Waals surface area contributed by atoms with Gasteiger partial charge in [-0.15, -0.1) is 0 Å². The van der Waals surface area contributed by atoms with Gasteiger partial charge in [0.25, 0.3) is 0 Å². The van der Waals surface area contributed by atoms with Gasteiger partial charge in [0.1, 0.15) is 0 Å². The summed E-state index contributed by atoms with van der Waals surface area (Å²) in [5.41, 5.74) is 0.604. The third-order valence-corrected chi connectivity index (χ3v) is 4.17. The average Bonchev–Trinajstić information content (AvgIpc) is 3.08. The predicted octanol–water partition coefficient (Wildman–Crippen LogP) is 2.28. The van der Waals surface area contributed by atoms with Crippen LogP contribution in [0.1, 0.15) is 25.0 Å². The summed E-state index contributed by atoms with van der Waals surface area (Å²) in [6, 6.07) is 2.53. The Morgan fingerprint density at radius 3 is 2.64 bits per heavy atom. The van der Waals surface area contributed by atoms with Crippen molar-refractivity contribution in [2.24, 2.45) is 0 Å². The van der Waals surface area contributed by atoms with Crippen LogP contribution in [0.4, 0.5) is 4.79 Å². The first-order valence-corrected chi connectivity index (χ1v) is 7.54. The maximum absolute atomic E-state index is 11.8. The Morgan fingerprint density at radius 2 is 2.00 bits per heavy atom. The molecule has 1 aromatic carbocycles. The molecule has 0 bridgehead atoms. The molecular formula is C14H14BrNO6. The minimum Gasteiger partial charge on any atom is -0.467 e. The van der Waals surface area contributed by atoms with Crippen molar-refractivity contribution in [1.82, 2.24) is 5.32 Å². The molecule has 2 heterocycles. The molecule has 3 unspecified atom stereocenters. The van der Waals surface area contributed by atoms with Gasteiger partial charge in [-0.1, -0.05) is 22.9 Å². The maximum Gasteiger partial charge on any atom is 0.408 e. The molecule has 2 aliphatic heterocycles. The second-order valence-electron chi connectivity index (χ2n) is 4.87. The second-order valence-corrected chi connectivity index (χ2v) is 5.72. The first-order valence-electron chi connectivity index (χ1n) is 6.75. The van der Waals surface area contributed by atoms with Crippen molar-refractivity contribution < 1.29 is 28.5 Å². The van der Waals surface area contributed by atoms with Gasteiger partial charge in [-0.3, -0.25) is 0 Å². The van der Waals surface area contributed by atoms with E-state index in [1.807, 2.05) is 6.92 Å². The zero-order valence-electron chi connectivity index (χ0n) is 11.9. The summed E-state index contributed by atoms with van der Waals surface area (Å²) >= 11 is 3.41. The van der Waals surface area contributed by atoms with E-state index in [-0.39, 0.29) is 6.29 Å². The highest BCUT2D eigenvalue weighted by molar-refractivity contribution is 9.10. The van der Waals surface area contributed by atoms with E-state index in [4.69, 9.17) is 18.9 Å². The number of hydrogen-bond donors (Lipinski definition) is 1. The van der Waals surface area contributed by atoms with Crippen molar-refractivity contribution in [3.05, 3.63) is 22.2 Å². The fraction of sp³-hybridized carbons (Fsp3) is 0.429. The van der Waals surface area contributed by atoms with E-state index in [2.05, 4.69) is 21.2 Å². The lowest BCUT2D eigenvalue weighted by Crippen LogP contribution is -2.36. The van der Waals surface area contributed by atoms with E-state index < -0.39 is 24.2 Å². The standard InChI is InChI=1S/C14H14BrNO6/c1-3-10-20-8-4-6(7(15)5-9(8)21-10)12-11(13(17)19-2)16-14(18)22-12/h4-5,10-12H,3H2,1-2H3,(H,16,18). The molecule has 1 N–H and O–H groups in total. The van der Waals surface area contributed by atoms with Crippen molar-refractivity contribution in [3.63, 3.8) is 0 Å². The van der Waals surface area contributed by atoms with Crippen LogP contribution in [0.25, 0.3) is 0 Å². The number of cyclic esters (lactones) is 1. The van der Waals surface area contributed by atoms with Gasteiger partial charge in [-0.25, -0.2) is 9.59 Å². The number of carbonyl (C=O) groups is 2. The molecule has 0 saturated carbocycles. The number of methoxy groups -OCH3 is 1. The first-order chi connectivity index (χ1) is 10.5. The van der Waals surface area contributed by atoms with E-state index in [0.717, 1.165) is 0 Å². The molecule has 1 saturated heterocycles. The Hall–Kier alpha value is -1.96. The molecule has 2 aliphatic rings.